The molecule has 1 N–H and O–H groups in total. The zero-order valence-corrected chi connectivity index (χ0v) is 10.6. The van der Waals surface area contributed by atoms with Crippen molar-refractivity contribution in [2.45, 2.75) is 0 Å². The van der Waals surface area contributed by atoms with Crippen molar-refractivity contribution < 1.29 is 4.79 Å². The molecule has 0 spiro atoms. The highest BCUT2D eigenvalue weighted by molar-refractivity contribution is 5.94. The van der Waals surface area contributed by atoms with Crippen molar-refractivity contribution >= 4 is 11.6 Å². The number of pyridine rings is 1. The fourth-order valence-electron chi connectivity index (χ4n) is 2.03. The number of hydrogen-bond acceptors (Lipinski definition) is 4. The first kappa shape index (κ1) is 12.1. The van der Waals surface area contributed by atoms with Gasteiger partial charge in [0.15, 0.2) is 5.65 Å². The van der Waals surface area contributed by atoms with Crippen LogP contribution in [0.2, 0.25) is 0 Å². The number of aromatic nitrogens is 4. The van der Waals surface area contributed by atoms with Crippen LogP contribution in [0.25, 0.3) is 11.3 Å². The van der Waals surface area contributed by atoms with E-state index in [1.807, 2.05) is 0 Å². The fourth-order valence-corrected chi connectivity index (χ4v) is 2.03. The fraction of sp³-hybridized carbons (Fsp3) is 0.0769. The Balaban J connectivity index is 2.43. The van der Waals surface area contributed by atoms with Crippen LogP contribution in [0.3, 0.4) is 0 Å². The summed E-state index contributed by atoms with van der Waals surface area (Å²) in [4.78, 5) is 32.2. The van der Waals surface area contributed by atoms with Crippen molar-refractivity contribution in [3.05, 3.63) is 58.9 Å². The van der Waals surface area contributed by atoms with Crippen LogP contribution in [0.1, 0.15) is 10.5 Å². The number of rotatable bonds is 2. The average molecular weight is 269 g/mol. The molecule has 0 unspecified atom stereocenters. The molecule has 0 atom stereocenters. The van der Waals surface area contributed by atoms with Gasteiger partial charge in [0.25, 0.3) is 11.5 Å². The van der Waals surface area contributed by atoms with Crippen LogP contribution in [0.5, 0.6) is 0 Å². The number of carbonyl (C=O) groups excluding carboxylic acids is 1. The van der Waals surface area contributed by atoms with Crippen LogP contribution in [-0.2, 0) is 0 Å². The normalized spacial score (nSPS) is 10.7. The van der Waals surface area contributed by atoms with Crippen LogP contribution < -0.4 is 10.9 Å². The molecule has 0 aliphatic carbocycles. The predicted molar refractivity (Wildman–Crippen MR) is 72.0 cm³/mol. The second-order valence-corrected chi connectivity index (χ2v) is 4.08. The molecule has 1 amide bonds. The molecule has 3 aromatic heterocycles. The van der Waals surface area contributed by atoms with Gasteiger partial charge < -0.3 is 5.32 Å². The summed E-state index contributed by atoms with van der Waals surface area (Å²) < 4.78 is 2.83. The topological polar surface area (TPSA) is 81.3 Å². The van der Waals surface area contributed by atoms with E-state index < -0.39 is 0 Å². The first-order valence-corrected chi connectivity index (χ1v) is 5.94. The van der Waals surface area contributed by atoms with Crippen LogP contribution >= 0.6 is 0 Å². The Morgan fingerprint density at radius 1 is 1.30 bits per heavy atom. The summed E-state index contributed by atoms with van der Waals surface area (Å²) in [5.41, 5.74) is 1.06. The van der Waals surface area contributed by atoms with E-state index in [4.69, 9.17) is 0 Å². The number of carbonyl (C=O) groups is 1. The van der Waals surface area contributed by atoms with Gasteiger partial charge in [-0.1, -0.05) is 0 Å². The van der Waals surface area contributed by atoms with Crippen LogP contribution in [-0.4, -0.2) is 32.1 Å². The smallest absolute Gasteiger partial charge is 0.273 e. The van der Waals surface area contributed by atoms with Gasteiger partial charge in [-0.05, 0) is 12.1 Å². The second kappa shape index (κ2) is 4.61. The minimum Gasteiger partial charge on any atom is -0.354 e. The van der Waals surface area contributed by atoms with Crippen molar-refractivity contribution in [1.82, 2.24) is 24.5 Å². The number of hydrogen-bond donors (Lipinski definition) is 1. The molecule has 0 aliphatic heterocycles. The molecule has 0 fully saturated rings. The lowest BCUT2D eigenvalue weighted by atomic mass is 10.3. The summed E-state index contributed by atoms with van der Waals surface area (Å²) in [6, 6.07) is 6.40. The van der Waals surface area contributed by atoms with E-state index in [9.17, 15) is 9.59 Å². The molecule has 7 nitrogen and oxygen atoms in total. The van der Waals surface area contributed by atoms with Gasteiger partial charge in [-0.15, -0.1) is 0 Å². The van der Waals surface area contributed by atoms with Crippen molar-refractivity contribution in [3.8, 4) is 5.69 Å². The van der Waals surface area contributed by atoms with Crippen molar-refractivity contribution in [2.75, 3.05) is 7.05 Å². The molecule has 20 heavy (non-hydrogen) atoms. The summed E-state index contributed by atoms with van der Waals surface area (Å²) in [6.45, 7) is 0. The van der Waals surface area contributed by atoms with Gasteiger partial charge in [0.2, 0.25) is 0 Å². The molecule has 100 valence electrons. The monoisotopic (exact) mass is 269 g/mol. The maximum Gasteiger partial charge on any atom is 0.273 e. The number of amides is 1. The minimum atomic E-state index is -0.307. The molecular formula is C13H11N5O2. The molecular weight excluding hydrogens is 258 g/mol. The van der Waals surface area contributed by atoms with Crippen molar-refractivity contribution in [2.24, 2.45) is 0 Å². The first-order valence-electron chi connectivity index (χ1n) is 5.94. The quantitative estimate of drug-likeness (QED) is 0.722. The van der Waals surface area contributed by atoms with E-state index in [0.29, 0.717) is 17.0 Å². The van der Waals surface area contributed by atoms with Gasteiger partial charge in [0.1, 0.15) is 5.69 Å². The second-order valence-electron chi connectivity index (χ2n) is 4.08. The maximum atomic E-state index is 12.0. The Kier molecular flexibility index (Phi) is 2.79. The SMILES string of the molecule is CNC(=O)c1cc2nccc(=O)n2n1-c1cccnc1. The summed E-state index contributed by atoms with van der Waals surface area (Å²) in [7, 11) is 1.53. The van der Waals surface area contributed by atoms with E-state index >= 15 is 0 Å². The summed E-state index contributed by atoms with van der Waals surface area (Å²) in [5.74, 6) is -0.307. The molecule has 0 radical (unpaired) electrons. The summed E-state index contributed by atoms with van der Waals surface area (Å²) in [6.07, 6.45) is 4.61. The Hall–Kier alpha value is -2.96. The summed E-state index contributed by atoms with van der Waals surface area (Å²) >= 11 is 0. The highest BCUT2D eigenvalue weighted by atomic mass is 16.2. The van der Waals surface area contributed by atoms with Gasteiger partial charge in [-0.25, -0.2) is 9.67 Å². The highest BCUT2D eigenvalue weighted by Gasteiger charge is 2.17. The average Bonchev–Trinajstić information content (AvgIpc) is 2.88. The molecule has 0 saturated heterocycles. The van der Waals surface area contributed by atoms with Crippen molar-refractivity contribution in [1.29, 1.82) is 0 Å². The number of nitrogens with zero attached hydrogens (tertiary/aromatic N) is 4. The Labute approximate surface area is 113 Å². The zero-order valence-electron chi connectivity index (χ0n) is 10.6. The molecule has 3 heterocycles. The Morgan fingerprint density at radius 3 is 2.85 bits per heavy atom. The third kappa shape index (κ3) is 1.76. The van der Waals surface area contributed by atoms with Crippen LogP contribution in [0.4, 0.5) is 0 Å². The lowest BCUT2D eigenvalue weighted by Crippen LogP contribution is -2.25. The minimum absolute atomic E-state index is 0.269. The Bertz CT molecular complexity index is 835. The molecule has 3 aromatic rings. The largest absolute Gasteiger partial charge is 0.354 e. The summed E-state index contributed by atoms with van der Waals surface area (Å²) in [5, 5.41) is 2.55. The lowest BCUT2D eigenvalue weighted by Gasteiger charge is -2.09. The van der Waals surface area contributed by atoms with E-state index in [1.165, 1.54) is 28.5 Å². The molecule has 3 rings (SSSR count). The number of nitrogens with one attached hydrogen (secondary N) is 1. The standard InChI is InChI=1S/C13H11N5O2/c1-14-13(20)10-7-11-16-6-4-12(19)18(11)17(10)9-3-2-5-15-8-9/h2-8H,1H3,(H,14,20). The lowest BCUT2D eigenvalue weighted by molar-refractivity contribution is 0.0955. The molecule has 0 bridgehead atoms. The first-order chi connectivity index (χ1) is 9.72. The molecule has 0 aromatic carbocycles. The van der Waals surface area contributed by atoms with Gasteiger partial charge in [0, 0.05) is 31.6 Å². The Morgan fingerprint density at radius 2 is 2.15 bits per heavy atom. The van der Waals surface area contributed by atoms with E-state index in [2.05, 4.69) is 15.3 Å². The van der Waals surface area contributed by atoms with Gasteiger partial charge in [-0.3, -0.25) is 14.6 Å². The molecule has 0 saturated carbocycles. The third-order valence-electron chi connectivity index (χ3n) is 2.89. The third-order valence-corrected chi connectivity index (χ3v) is 2.89. The van der Waals surface area contributed by atoms with Crippen molar-refractivity contribution in [3.63, 3.8) is 0 Å². The number of fused-ring (bicyclic) bond motifs is 1. The maximum absolute atomic E-state index is 12.0. The molecule has 7 heteroatoms. The van der Waals surface area contributed by atoms with E-state index in [-0.39, 0.29) is 11.5 Å². The van der Waals surface area contributed by atoms with Gasteiger partial charge in [0.05, 0.1) is 11.9 Å². The predicted octanol–water partition coefficient (Wildman–Crippen LogP) is 0.240. The van der Waals surface area contributed by atoms with E-state index in [1.54, 1.807) is 30.6 Å². The van der Waals surface area contributed by atoms with Crippen LogP contribution in [0.15, 0.2) is 47.7 Å². The zero-order chi connectivity index (χ0) is 14.1. The molecule has 0 aliphatic rings. The van der Waals surface area contributed by atoms with Gasteiger partial charge in [-0.2, -0.15) is 4.52 Å². The van der Waals surface area contributed by atoms with Gasteiger partial charge >= 0.3 is 0 Å². The van der Waals surface area contributed by atoms with Crippen LogP contribution in [0, 0.1) is 0 Å². The van der Waals surface area contributed by atoms with E-state index in [0.717, 1.165) is 0 Å². The highest BCUT2D eigenvalue weighted by Crippen LogP contribution is 2.13.